The molecule has 1 saturated heterocycles. The molecule has 6 heteroatoms. The molecule has 1 atom stereocenters. The average molecular weight is 327 g/mol. The zero-order valence-electron chi connectivity index (χ0n) is 13.6. The summed E-state index contributed by atoms with van der Waals surface area (Å²) in [5, 5.41) is 6.17. The highest BCUT2D eigenvalue weighted by atomic mass is 16.5. The van der Waals surface area contributed by atoms with Crippen molar-refractivity contribution in [1.82, 2.24) is 10.3 Å². The zero-order chi connectivity index (χ0) is 16.8. The van der Waals surface area contributed by atoms with Gasteiger partial charge in [0.25, 0.3) is 5.91 Å². The van der Waals surface area contributed by atoms with Gasteiger partial charge in [0.2, 0.25) is 5.88 Å². The van der Waals surface area contributed by atoms with Gasteiger partial charge in [-0.2, -0.15) is 0 Å². The summed E-state index contributed by atoms with van der Waals surface area (Å²) in [4.78, 5) is 16.3. The third-order valence-corrected chi connectivity index (χ3v) is 3.76. The Labute approximate surface area is 141 Å². The van der Waals surface area contributed by atoms with E-state index in [2.05, 4.69) is 15.6 Å². The maximum atomic E-state index is 12.2. The number of rotatable bonds is 5. The van der Waals surface area contributed by atoms with Crippen LogP contribution in [0.25, 0.3) is 0 Å². The number of hydrogen-bond donors (Lipinski definition) is 2. The molecule has 2 N–H and O–H groups in total. The van der Waals surface area contributed by atoms with E-state index in [0.717, 1.165) is 24.3 Å². The van der Waals surface area contributed by atoms with E-state index in [1.54, 1.807) is 12.1 Å². The normalized spacial score (nSPS) is 17.3. The fourth-order valence-corrected chi connectivity index (χ4v) is 2.51. The molecule has 2 heterocycles. The van der Waals surface area contributed by atoms with Crippen molar-refractivity contribution in [3.05, 3.63) is 53.7 Å². The molecule has 0 aliphatic carbocycles. The van der Waals surface area contributed by atoms with Crippen molar-refractivity contribution in [2.75, 3.05) is 31.6 Å². The van der Waals surface area contributed by atoms with Crippen molar-refractivity contribution in [3.63, 3.8) is 0 Å². The van der Waals surface area contributed by atoms with Gasteiger partial charge >= 0.3 is 0 Å². The van der Waals surface area contributed by atoms with E-state index in [9.17, 15) is 4.79 Å². The van der Waals surface area contributed by atoms with E-state index in [4.69, 9.17) is 9.47 Å². The monoisotopic (exact) mass is 327 g/mol. The molecule has 1 amide bonds. The molecule has 0 bridgehead atoms. The number of pyridine rings is 1. The third-order valence-electron chi connectivity index (χ3n) is 3.76. The van der Waals surface area contributed by atoms with Gasteiger partial charge in [-0.1, -0.05) is 12.1 Å². The molecular formula is C18H21N3O3. The van der Waals surface area contributed by atoms with Crippen molar-refractivity contribution in [3.8, 4) is 5.88 Å². The molecule has 6 nitrogen and oxygen atoms in total. The minimum Gasteiger partial charge on any atom is -0.478 e. The lowest BCUT2D eigenvalue weighted by Gasteiger charge is -2.24. The van der Waals surface area contributed by atoms with E-state index in [1.807, 2.05) is 31.2 Å². The summed E-state index contributed by atoms with van der Waals surface area (Å²) >= 11 is 0. The molecule has 1 aromatic carbocycles. The van der Waals surface area contributed by atoms with Crippen molar-refractivity contribution in [2.45, 2.75) is 13.0 Å². The largest absolute Gasteiger partial charge is 0.478 e. The van der Waals surface area contributed by atoms with E-state index < -0.39 is 0 Å². The molecule has 24 heavy (non-hydrogen) atoms. The number of carbonyl (C=O) groups is 1. The van der Waals surface area contributed by atoms with Gasteiger partial charge in [-0.25, -0.2) is 4.98 Å². The van der Waals surface area contributed by atoms with Crippen LogP contribution in [0.3, 0.4) is 0 Å². The number of benzene rings is 1. The van der Waals surface area contributed by atoms with Crippen LogP contribution in [0.5, 0.6) is 5.88 Å². The molecule has 1 aromatic heterocycles. The van der Waals surface area contributed by atoms with Gasteiger partial charge in [-0.05, 0) is 30.7 Å². The van der Waals surface area contributed by atoms with Crippen LogP contribution in [0.15, 0.2) is 42.6 Å². The van der Waals surface area contributed by atoms with Gasteiger partial charge in [0, 0.05) is 31.0 Å². The maximum absolute atomic E-state index is 12.2. The van der Waals surface area contributed by atoms with Crippen LogP contribution in [-0.4, -0.2) is 37.2 Å². The second-order valence-electron chi connectivity index (χ2n) is 5.46. The number of nitrogens with one attached hydrogen (secondary N) is 2. The smallest absolute Gasteiger partial charge is 0.257 e. The van der Waals surface area contributed by atoms with E-state index in [-0.39, 0.29) is 12.0 Å². The number of anilines is 1. The van der Waals surface area contributed by atoms with Crippen LogP contribution in [0.1, 0.15) is 28.9 Å². The number of ether oxygens (including phenoxy) is 2. The van der Waals surface area contributed by atoms with Crippen LogP contribution in [-0.2, 0) is 4.74 Å². The molecule has 3 rings (SSSR count). The van der Waals surface area contributed by atoms with Crippen molar-refractivity contribution in [2.24, 2.45) is 0 Å². The predicted molar refractivity (Wildman–Crippen MR) is 91.4 cm³/mol. The van der Waals surface area contributed by atoms with Gasteiger partial charge < -0.3 is 20.1 Å². The number of nitrogens with zero attached hydrogens (tertiary/aromatic N) is 1. The van der Waals surface area contributed by atoms with E-state index in [1.165, 1.54) is 6.20 Å². The lowest BCUT2D eigenvalue weighted by atomic mass is 10.1. The molecule has 126 valence electrons. The Bertz CT molecular complexity index is 665. The lowest BCUT2D eigenvalue weighted by Crippen LogP contribution is -2.33. The first kappa shape index (κ1) is 16.4. The topological polar surface area (TPSA) is 72.5 Å². The number of morpholine rings is 1. The van der Waals surface area contributed by atoms with Gasteiger partial charge in [0.15, 0.2) is 0 Å². The van der Waals surface area contributed by atoms with Gasteiger partial charge in [0.05, 0.1) is 24.9 Å². The first-order valence-electron chi connectivity index (χ1n) is 8.08. The van der Waals surface area contributed by atoms with Gasteiger partial charge in [-0.15, -0.1) is 0 Å². The standard InChI is InChI=1S/C18H21N3O3/c1-2-23-17-8-5-14(11-20-17)18(22)21-15-6-3-13(4-7-15)16-12-19-9-10-24-16/h3-8,11,16,19H,2,9-10,12H2,1H3,(H,21,22). The number of hydrogen-bond acceptors (Lipinski definition) is 5. The summed E-state index contributed by atoms with van der Waals surface area (Å²) in [6.07, 6.45) is 1.58. The maximum Gasteiger partial charge on any atom is 0.257 e. The molecule has 0 saturated carbocycles. The summed E-state index contributed by atoms with van der Waals surface area (Å²) in [5.41, 5.74) is 2.33. The Morgan fingerprint density at radius 1 is 1.33 bits per heavy atom. The summed E-state index contributed by atoms with van der Waals surface area (Å²) in [6.45, 7) is 4.85. The Morgan fingerprint density at radius 3 is 2.79 bits per heavy atom. The Hall–Kier alpha value is -2.44. The first-order chi connectivity index (χ1) is 11.8. The average Bonchev–Trinajstić information content (AvgIpc) is 2.64. The van der Waals surface area contributed by atoms with Crippen molar-refractivity contribution in [1.29, 1.82) is 0 Å². The van der Waals surface area contributed by atoms with Crippen LogP contribution in [0.4, 0.5) is 5.69 Å². The quantitative estimate of drug-likeness (QED) is 0.882. The minimum absolute atomic E-state index is 0.0683. The lowest BCUT2D eigenvalue weighted by molar-refractivity contribution is 0.0277. The van der Waals surface area contributed by atoms with Gasteiger partial charge in [0.1, 0.15) is 0 Å². The highest BCUT2D eigenvalue weighted by Crippen LogP contribution is 2.21. The molecule has 1 aliphatic rings. The summed E-state index contributed by atoms with van der Waals surface area (Å²) in [7, 11) is 0. The van der Waals surface area contributed by atoms with Crippen molar-refractivity contribution >= 4 is 11.6 Å². The second kappa shape index (κ2) is 7.90. The molecular weight excluding hydrogens is 306 g/mol. The van der Waals surface area contributed by atoms with E-state index >= 15 is 0 Å². The Kier molecular flexibility index (Phi) is 5.40. The first-order valence-corrected chi connectivity index (χ1v) is 8.08. The highest BCUT2D eigenvalue weighted by Gasteiger charge is 2.15. The molecule has 2 aromatic rings. The summed E-state index contributed by atoms with van der Waals surface area (Å²) < 4.78 is 11.0. The molecule has 1 aliphatic heterocycles. The number of aromatic nitrogens is 1. The van der Waals surface area contributed by atoms with Crippen LogP contribution < -0.4 is 15.4 Å². The number of carbonyl (C=O) groups excluding carboxylic acids is 1. The summed E-state index contributed by atoms with van der Waals surface area (Å²) in [6, 6.07) is 11.1. The molecule has 1 unspecified atom stereocenters. The minimum atomic E-state index is -0.200. The molecule has 0 spiro atoms. The van der Waals surface area contributed by atoms with Crippen LogP contribution >= 0.6 is 0 Å². The molecule has 1 fully saturated rings. The van der Waals surface area contributed by atoms with Gasteiger partial charge in [-0.3, -0.25) is 4.79 Å². The Balaban J connectivity index is 1.61. The zero-order valence-corrected chi connectivity index (χ0v) is 13.6. The Morgan fingerprint density at radius 2 is 2.17 bits per heavy atom. The fourth-order valence-electron chi connectivity index (χ4n) is 2.51. The van der Waals surface area contributed by atoms with Crippen molar-refractivity contribution < 1.29 is 14.3 Å². The summed E-state index contributed by atoms with van der Waals surface area (Å²) in [5.74, 6) is 0.313. The predicted octanol–water partition coefficient (Wildman–Crippen LogP) is 2.39. The SMILES string of the molecule is CCOc1ccc(C(=O)Nc2ccc(C3CNCCO3)cc2)cn1. The fraction of sp³-hybridized carbons (Fsp3) is 0.333. The van der Waals surface area contributed by atoms with Crippen LogP contribution in [0.2, 0.25) is 0 Å². The third kappa shape index (κ3) is 4.10. The van der Waals surface area contributed by atoms with Crippen LogP contribution in [0, 0.1) is 0 Å². The second-order valence-corrected chi connectivity index (χ2v) is 5.46. The number of amides is 1. The highest BCUT2D eigenvalue weighted by molar-refractivity contribution is 6.04. The van der Waals surface area contributed by atoms with E-state index in [0.29, 0.717) is 24.7 Å². The molecule has 0 radical (unpaired) electrons.